The van der Waals surface area contributed by atoms with Crippen molar-refractivity contribution in [1.82, 2.24) is 35.0 Å². The van der Waals surface area contributed by atoms with Crippen LogP contribution in [0.4, 0.5) is 0 Å². The van der Waals surface area contributed by atoms with Crippen LogP contribution in [0.2, 0.25) is 0 Å². The van der Waals surface area contributed by atoms with Gasteiger partial charge in [-0.15, -0.1) is 5.10 Å². The summed E-state index contributed by atoms with van der Waals surface area (Å²) < 4.78 is 1.91. The van der Waals surface area contributed by atoms with E-state index in [0.29, 0.717) is 11.8 Å². The van der Waals surface area contributed by atoms with Gasteiger partial charge in [0.1, 0.15) is 0 Å². The van der Waals surface area contributed by atoms with Crippen LogP contribution in [0.25, 0.3) is 0 Å². The molecular formula is C18H25N7OS. The van der Waals surface area contributed by atoms with E-state index < -0.39 is 0 Å². The lowest BCUT2D eigenvalue weighted by Crippen LogP contribution is -2.48. The van der Waals surface area contributed by atoms with E-state index in [0.717, 1.165) is 56.4 Å². The fraction of sp³-hybridized carbons (Fsp3) is 0.611. The monoisotopic (exact) mass is 387 g/mol. The SMILES string of the molecule is O=C(CSc1nnnn1C1CCCC1)N1CCN(Cc2ccccn2)CC1. The Morgan fingerprint density at radius 1 is 1.15 bits per heavy atom. The average Bonchev–Trinajstić information content (AvgIpc) is 3.39. The summed E-state index contributed by atoms with van der Waals surface area (Å²) in [5, 5.41) is 12.8. The smallest absolute Gasteiger partial charge is 0.233 e. The van der Waals surface area contributed by atoms with Crippen LogP contribution in [0.5, 0.6) is 0 Å². The third kappa shape index (κ3) is 4.65. The zero-order valence-corrected chi connectivity index (χ0v) is 16.2. The van der Waals surface area contributed by atoms with Crippen LogP contribution in [-0.4, -0.2) is 72.8 Å². The molecule has 1 aliphatic carbocycles. The standard InChI is InChI=1S/C18H25N7OS/c26-17(14-27-18-20-21-22-25(18)16-6-1-2-7-16)24-11-9-23(10-12-24)13-15-5-3-4-8-19-15/h3-5,8,16H,1-2,6-7,9-14H2. The second-order valence-corrected chi connectivity index (χ2v) is 8.05. The highest BCUT2D eigenvalue weighted by Crippen LogP contribution is 2.31. The van der Waals surface area contributed by atoms with Crippen molar-refractivity contribution in [2.24, 2.45) is 0 Å². The zero-order chi connectivity index (χ0) is 18.5. The minimum atomic E-state index is 0.165. The van der Waals surface area contributed by atoms with E-state index in [1.807, 2.05) is 34.0 Å². The Morgan fingerprint density at radius 2 is 1.96 bits per heavy atom. The van der Waals surface area contributed by atoms with Crippen molar-refractivity contribution >= 4 is 17.7 Å². The second-order valence-electron chi connectivity index (χ2n) is 7.11. The molecule has 1 aliphatic heterocycles. The second kappa shape index (κ2) is 8.79. The van der Waals surface area contributed by atoms with Gasteiger partial charge in [0.05, 0.1) is 17.5 Å². The Kier molecular flexibility index (Phi) is 5.98. The molecule has 144 valence electrons. The van der Waals surface area contributed by atoms with Gasteiger partial charge < -0.3 is 4.90 Å². The van der Waals surface area contributed by atoms with Crippen molar-refractivity contribution in [2.75, 3.05) is 31.9 Å². The number of carbonyl (C=O) groups excluding carboxylic acids is 1. The molecule has 2 aromatic rings. The normalized spacial score (nSPS) is 18.9. The Morgan fingerprint density at radius 3 is 2.70 bits per heavy atom. The topological polar surface area (TPSA) is 80.0 Å². The number of piperazine rings is 1. The lowest BCUT2D eigenvalue weighted by molar-refractivity contribution is -0.130. The van der Waals surface area contributed by atoms with Crippen molar-refractivity contribution in [3.05, 3.63) is 30.1 Å². The molecule has 0 spiro atoms. The Balaban J connectivity index is 1.24. The quantitative estimate of drug-likeness (QED) is 0.697. The molecule has 0 unspecified atom stereocenters. The number of tetrazole rings is 1. The first-order valence-corrected chi connectivity index (χ1v) is 10.6. The molecule has 1 saturated carbocycles. The van der Waals surface area contributed by atoms with E-state index in [9.17, 15) is 4.79 Å². The number of aromatic nitrogens is 5. The van der Waals surface area contributed by atoms with E-state index in [1.54, 1.807) is 0 Å². The highest BCUT2D eigenvalue weighted by atomic mass is 32.2. The predicted molar refractivity (Wildman–Crippen MR) is 102 cm³/mol. The number of thioether (sulfide) groups is 1. The van der Waals surface area contributed by atoms with E-state index in [4.69, 9.17) is 0 Å². The molecule has 4 rings (SSSR count). The molecule has 3 heterocycles. The molecule has 0 aromatic carbocycles. The van der Waals surface area contributed by atoms with Gasteiger partial charge in [0.25, 0.3) is 0 Å². The first-order chi connectivity index (χ1) is 13.3. The van der Waals surface area contributed by atoms with E-state index >= 15 is 0 Å². The number of rotatable bonds is 6. The van der Waals surface area contributed by atoms with Crippen molar-refractivity contribution in [3.8, 4) is 0 Å². The van der Waals surface area contributed by atoms with Crippen LogP contribution in [0.1, 0.15) is 37.4 Å². The minimum absolute atomic E-state index is 0.165. The van der Waals surface area contributed by atoms with Crippen molar-refractivity contribution in [2.45, 2.75) is 43.4 Å². The number of pyridine rings is 1. The van der Waals surface area contributed by atoms with Crippen LogP contribution in [0, 0.1) is 0 Å². The zero-order valence-electron chi connectivity index (χ0n) is 15.4. The highest BCUT2D eigenvalue weighted by Gasteiger charge is 2.24. The molecule has 2 fully saturated rings. The first-order valence-electron chi connectivity index (χ1n) is 9.60. The summed E-state index contributed by atoms with van der Waals surface area (Å²) in [6.45, 7) is 4.13. The summed E-state index contributed by atoms with van der Waals surface area (Å²) in [6, 6.07) is 6.38. The number of nitrogens with zero attached hydrogens (tertiary/aromatic N) is 7. The molecule has 0 radical (unpaired) electrons. The van der Waals surface area contributed by atoms with Gasteiger partial charge in [0.15, 0.2) is 0 Å². The minimum Gasteiger partial charge on any atom is -0.339 e. The van der Waals surface area contributed by atoms with Gasteiger partial charge in [0, 0.05) is 38.9 Å². The van der Waals surface area contributed by atoms with Gasteiger partial charge >= 0.3 is 0 Å². The molecular weight excluding hydrogens is 362 g/mol. The molecule has 1 saturated heterocycles. The lowest BCUT2D eigenvalue weighted by atomic mass is 10.2. The summed E-state index contributed by atoms with van der Waals surface area (Å²) in [4.78, 5) is 21.3. The van der Waals surface area contributed by atoms with E-state index in [-0.39, 0.29) is 5.91 Å². The summed E-state index contributed by atoms with van der Waals surface area (Å²) in [5.74, 6) is 0.561. The maximum Gasteiger partial charge on any atom is 0.233 e. The molecule has 0 N–H and O–H groups in total. The highest BCUT2D eigenvalue weighted by molar-refractivity contribution is 7.99. The van der Waals surface area contributed by atoms with Crippen molar-refractivity contribution < 1.29 is 4.79 Å². The van der Waals surface area contributed by atoms with Gasteiger partial charge in [-0.25, -0.2) is 4.68 Å². The molecule has 2 aliphatic rings. The van der Waals surface area contributed by atoms with Crippen LogP contribution in [0.15, 0.2) is 29.6 Å². The number of hydrogen-bond acceptors (Lipinski definition) is 7. The maximum absolute atomic E-state index is 12.6. The molecule has 0 atom stereocenters. The van der Waals surface area contributed by atoms with Gasteiger partial charge in [-0.2, -0.15) is 0 Å². The number of hydrogen-bond donors (Lipinski definition) is 0. The average molecular weight is 388 g/mol. The molecule has 27 heavy (non-hydrogen) atoms. The Bertz CT molecular complexity index is 739. The maximum atomic E-state index is 12.6. The molecule has 1 amide bonds. The number of amides is 1. The summed E-state index contributed by atoms with van der Waals surface area (Å²) in [7, 11) is 0. The summed E-state index contributed by atoms with van der Waals surface area (Å²) >= 11 is 1.46. The van der Waals surface area contributed by atoms with E-state index in [2.05, 4.69) is 25.4 Å². The van der Waals surface area contributed by atoms with Gasteiger partial charge in [-0.3, -0.25) is 14.7 Å². The fourth-order valence-corrected chi connectivity index (χ4v) is 4.60. The largest absolute Gasteiger partial charge is 0.339 e. The lowest BCUT2D eigenvalue weighted by Gasteiger charge is -2.34. The third-order valence-corrected chi connectivity index (χ3v) is 6.21. The summed E-state index contributed by atoms with van der Waals surface area (Å²) in [6.07, 6.45) is 6.55. The van der Waals surface area contributed by atoms with Crippen LogP contribution < -0.4 is 0 Å². The Labute approximate surface area is 163 Å². The van der Waals surface area contributed by atoms with Crippen molar-refractivity contribution in [1.29, 1.82) is 0 Å². The van der Waals surface area contributed by atoms with Gasteiger partial charge in [-0.1, -0.05) is 30.7 Å². The molecule has 8 nitrogen and oxygen atoms in total. The first kappa shape index (κ1) is 18.4. The third-order valence-electron chi connectivity index (χ3n) is 5.29. The van der Waals surface area contributed by atoms with Crippen LogP contribution in [0.3, 0.4) is 0 Å². The van der Waals surface area contributed by atoms with Crippen LogP contribution >= 0.6 is 11.8 Å². The fourth-order valence-electron chi connectivity index (χ4n) is 3.75. The van der Waals surface area contributed by atoms with E-state index in [1.165, 1.54) is 24.6 Å². The van der Waals surface area contributed by atoms with Gasteiger partial charge in [-0.05, 0) is 35.4 Å². The summed E-state index contributed by atoms with van der Waals surface area (Å²) in [5.41, 5.74) is 1.08. The van der Waals surface area contributed by atoms with Crippen LogP contribution in [-0.2, 0) is 11.3 Å². The predicted octanol–water partition coefficient (Wildman–Crippen LogP) is 1.62. The molecule has 0 bridgehead atoms. The molecule has 9 heteroatoms. The molecule has 2 aromatic heterocycles. The van der Waals surface area contributed by atoms with Crippen molar-refractivity contribution in [3.63, 3.8) is 0 Å². The Hall–Kier alpha value is -2.00. The van der Waals surface area contributed by atoms with Gasteiger partial charge in [0.2, 0.25) is 11.1 Å². The number of carbonyl (C=O) groups is 1.